The van der Waals surface area contributed by atoms with Crippen LogP contribution in [0.25, 0.3) is 0 Å². The molecule has 0 saturated carbocycles. The van der Waals surface area contributed by atoms with Gasteiger partial charge >= 0.3 is 12.1 Å². The van der Waals surface area contributed by atoms with E-state index in [0.717, 1.165) is 18.2 Å². The molecule has 0 spiro atoms. The number of rotatable bonds is 6. The minimum atomic E-state index is -4.47. The molecule has 0 aliphatic carbocycles. The molecule has 0 heterocycles. The molecule has 134 valence electrons. The maximum absolute atomic E-state index is 12.6. The summed E-state index contributed by atoms with van der Waals surface area (Å²) >= 11 is 5.83. The molecule has 0 saturated heterocycles. The number of alkyl halides is 3. The predicted molar refractivity (Wildman–Crippen MR) is 85.1 cm³/mol. The molecular formula is C17H14ClF3O4. The molecule has 2 rings (SSSR count). The number of esters is 1. The average molecular weight is 375 g/mol. The van der Waals surface area contributed by atoms with E-state index in [4.69, 9.17) is 25.8 Å². The van der Waals surface area contributed by atoms with E-state index in [-0.39, 0.29) is 24.0 Å². The third-order valence-corrected chi connectivity index (χ3v) is 3.27. The Bertz CT molecular complexity index is 730. The Morgan fingerprint density at radius 3 is 2.28 bits per heavy atom. The summed E-state index contributed by atoms with van der Waals surface area (Å²) < 4.78 is 53.2. The van der Waals surface area contributed by atoms with Crippen LogP contribution in [0.2, 0.25) is 5.02 Å². The van der Waals surface area contributed by atoms with Crippen LogP contribution in [0.3, 0.4) is 0 Å². The second-order valence-corrected chi connectivity index (χ2v) is 5.22. The lowest BCUT2D eigenvalue weighted by atomic mass is 10.2. The molecule has 0 N–H and O–H groups in total. The quantitative estimate of drug-likeness (QED) is 0.660. The van der Waals surface area contributed by atoms with E-state index in [9.17, 15) is 18.0 Å². The molecule has 0 aromatic heterocycles. The normalized spacial score (nSPS) is 11.1. The minimum absolute atomic E-state index is 0.0925. The van der Waals surface area contributed by atoms with Crippen molar-refractivity contribution in [3.8, 4) is 17.2 Å². The lowest BCUT2D eigenvalue weighted by molar-refractivity contribution is -0.145. The molecule has 0 atom stereocenters. The summed E-state index contributed by atoms with van der Waals surface area (Å²) in [6, 6.07) is 9.00. The highest BCUT2D eigenvalue weighted by Gasteiger charge is 2.31. The number of carbonyl (C=O) groups excluding carboxylic acids is 1. The van der Waals surface area contributed by atoms with E-state index in [2.05, 4.69) is 0 Å². The summed E-state index contributed by atoms with van der Waals surface area (Å²) in [5.74, 6) is 0.373. The molecule has 2 aromatic rings. The first-order valence-electron chi connectivity index (χ1n) is 7.22. The Balaban J connectivity index is 2.00. The minimum Gasteiger partial charge on any atom is -0.482 e. The van der Waals surface area contributed by atoms with Crippen molar-refractivity contribution in [3.63, 3.8) is 0 Å². The summed E-state index contributed by atoms with van der Waals surface area (Å²) in [5.41, 5.74) is -0.854. The van der Waals surface area contributed by atoms with Crippen molar-refractivity contribution in [2.75, 3.05) is 13.2 Å². The molecule has 8 heteroatoms. The summed E-state index contributed by atoms with van der Waals surface area (Å²) in [5, 5.41) is -0.155. The highest BCUT2D eigenvalue weighted by molar-refractivity contribution is 6.32. The van der Waals surface area contributed by atoms with E-state index in [0.29, 0.717) is 11.5 Å². The molecule has 0 bridgehead atoms. The van der Waals surface area contributed by atoms with Gasteiger partial charge in [-0.3, -0.25) is 0 Å². The Hall–Kier alpha value is -2.41. The van der Waals surface area contributed by atoms with Crippen molar-refractivity contribution < 1.29 is 32.2 Å². The largest absolute Gasteiger partial charge is 0.482 e. The molecule has 0 radical (unpaired) electrons. The van der Waals surface area contributed by atoms with Crippen LogP contribution in [-0.2, 0) is 15.7 Å². The monoisotopic (exact) mass is 374 g/mol. The lowest BCUT2D eigenvalue weighted by Crippen LogP contribution is -2.14. The first kappa shape index (κ1) is 18.9. The van der Waals surface area contributed by atoms with Gasteiger partial charge in [-0.1, -0.05) is 11.6 Å². The summed E-state index contributed by atoms with van der Waals surface area (Å²) in [4.78, 5) is 11.2. The Morgan fingerprint density at radius 2 is 1.72 bits per heavy atom. The van der Waals surface area contributed by atoms with Gasteiger partial charge < -0.3 is 14.2 Å². The van der Waals surface area contributed by atoms with Crippen molar-refractivity contribution >= 4 is 17.6 Å². The zero-order valence-corrected chi connectivity index (χ0v) is 13.9. The van der Waals surface area contributed by atoms with Crippen LogP contribution in [0.15, 0.2) is 42.5 Å². The highest BCUT2D eigenvalue weighted by Crippen LogP contribution is 2.36. The summed E-state index contributed by atoms with van der Waals surface area (Å²) in [6.45, 7) is 1.73. The van der Waals surface area contributed by atoms with Gasteiger partial charge in [-0.15, -0.1) is 0 Å². The molecule has 25 heavy (non-hydrogen) atoms. The van der Waals surface area contributed by atoms with Gasteiger partial charge in [0.2, 0.25) is 0 Å². The van der Waals surface area contributed by atoms with Gasteiger partial charge in [-0.2, -0.15) is 13.2 Å². The van der Waals surface area contributed by atoms with Gasteiger partial charge in [0.15, 0.2) is 6.61 Å². The fourth-order valence-electron chi connectivity index (χ4n) is 1.84. The summed E-state index contributed by atoms with van der Waals surface area (Å²) in [6.07, 6.45) is -4.47. The third kappa shape index (κ3) is 5.56. The SMILES string of the molecule is CCOC(=O)COc1ccc(Oc2ccc(C(F)(F)F)cc2Cl)cc1. The Morgan fingerprint density at radius 1 is 1.08 bits per heavy atom. The number of hydrogen-bond donors (Lipinski definition) is 0. The molecule has 0 amide bonds. The zero-order chi connectivity index (χ0) is 18.4. The first-order valence-corrected chi connectivity index (χ1v) is 7.60. The molecule has 0 aliphatic rings. The standard InChI is InChI=1S/C17H14ClF3O4/c1-2-23-16(22)10-24-12-4-6-13(7-5-12)25-15-8-3-11(9-14(15)18)17(19,20)21/h3-9H,2,10H2,1H3. The average Bonchev–Trinajstić information content (AvgIpc) is 2.55. The number of halogens is 4. The Kier molecular flexibility index (Phi) is 6.14. The van der Waals surface area contributed by atoms with Crippen LogP contribution >= 0.6 is 11.6 Å². The van der Waals surface area contributed by atoms with Crippen molar-refractivity contribution in [3.05, 3.63) is 53.1 Å². The fraction of sp³-hybridized carbons (Fsp3) is 0.235. The van der Waals surface area contributed by atoms with E-state index in [1.54, 1.807) is 19.1 Å². The van der Waals surface area contributed by atoms with Crippen molar-refractivity contribution in [2.45, 2.75) is 13.1 Å². The third-order valence-electron chi connectivity index (χ3n) is 2.97. The maximum Gasteiger partial charge on any atom is 0.416 e. The second kappa shape index (κ2) is 8.11. The van der Waals surface area contributed by atoms with Crippen LogP contribution in [0.1, 0.15) is 12.5 Å². The number of ether oxygens (including phenoxy) is 3. The highest BCUT2D eigenvalue weighted by atomic mass is 35.5. The molecule has 4 nitrogen and oxygen atoms in total. The van der Waals surface area contributed by atoms with E-state index in [1.807, 2.05) is 0 Å². The first-order chi connectivity index (χ1) is 11.8. The number of benzene rings is 2. The van der Waals surface area contributed by atoms with Gasteiger partial charge in [0.1, 0.15) is 17.2 Å². The van der Waals surface area contributed by atoms with Crippen molar-refractivity contribution in [2.24, 2.45) is 0 Å². The number of carbonyl (C=O) groups is 1. The van der Waals surface area contributed by atoms with Crippen LogP contribution in [0, 0.1) is 0 Å². The van der Waals surface area contributed by atoms with Crippen molar-refractivity contribution in [1.82, 2.24) is 0 Å². The topological polar surface area (TPSA) is 44.8 Å². The molecule has 0 aliphatic heterocycles. The molecular weight excluding hydrogens is 361 g/mol. The Labute approximate surface area is 147 Å². The number of hydrogen-bond acceptors (Lipinski definition) is 4. The van der Waals surface area contributed by atoms with E-state index < -0.39 is 17.7 Å². The van der Waals surface area contributed by atoms with Crippen LogP contribution in [0.4, 0.5) is 13.2 Å². The zero-order valence-electron chi connectivity index (χ0n) is 13.1. The molecule has 0 fully saturated rings. The van der Waals surface area contributed by atoms with E-state index in [1.165, 1.54) is 12.1 Å². The van der Waals surface area contributed by atoms with Gasteiger partial charge in [0.25, 0.3) is 0 Å². The predicted octanol–water partition coefficient (Wildman–Crippen LogP) is 5.09. The molecule has 0 unspecified atom stereocenters. The van der Waals surface area contributed by atoms with E-state index >= 15 is 0 Å². The van der Waals surface area contributed by atoms with Gasteiger partial charge in [-0.05, 0) is 49.4 Å². The smallest absolute Gasteiger partial charge is 0.416 e. The van der Waals surface area contributed by atoms with Gasteiger partial charge in [0.05, 0.1) is 17.2 Å². The van der Waals surface area contributed by atoms with Crippen molar-refractivity contribution in [1.29, 1.82) is 0 Å². The molecule has 2 aromatic carbocycles. The summed E-state index contributed by atoms with van der Waals surface area (Å²) in [7, 11) is 0. The van der Waals surface area contributed by atoms with Gasteiger partial charge in [-0.25, -0.2) is 4.79 Å². The van der Waals surface area contributed by atoms with Crippen LogP contribution < -0.4 is 9.47 Å². The lowest BCUT2D eigenvalue weighted by Gasteiger charge is -2.11. The van der Waals surface area contributed by atoms with Crippen LogP contribution in [0.5, 0.6) is 17.2 Å². The second-order valence-electron chi connectivity index (χ2n) is 4.81. The van der Waals surface area contributed by atoms with Gasteiger partial charge in [0, 0.05) is 0 Å². The van der Waals surface area contributed by atoms with Crippen LogP contribution in [-0.4, -0.2) is 19.2 Å². The fourth-order valence-corrected chi connectivity index (χ4v) is 2.05. The maximum atomic E-state index is 12.6.